The van der Waals surface area contributed by atoms with Gasteiger partial charge in [-0.25, -0.2) is 0 Å². The molecule has 1 heterocycles. The van der Waals surface area contributed by atoms with Gasteiger partial charge in [-0.3, -0.25) is 0 Å². The molecule has 0 unspecified atom stereocenters. The van der Waals surface area contributed by atoms with E-state index in [0.29, 0.717) is 5.57 Å². The van der Waals surface area contributed by atoms with Crippen molar-refractivity contribution in [1.29, 1.82) is 5.26 Å². The minimum atomic E-state index is 0.686. The summed E-state index contributed by atoms with van der Waals surface area (Å²) in [7, 11) is 0. The summed E-state index contributed by atoms with van der Waals surface area (Å²) >= 11 is 0. The maximum Gasteiger partial charge on any atom is 0.0998 e. The minimum absolute atomic E-state index is 0.686. The van der Waals surface area contributed by atoms with Crippen molar-refractivity contribution in [3.8, 4) is 11.8 Å². The largest absolute Gasteiger partial charge is 0.318 e. The number of aromatic nitrogens is 1. The predicted octanol–water partition coefficient (Wildman–Crippen LogP) is 6.08. The van der Waals surface area contributed by atoms with Gasteiger partial charge in [0.25, 0.3) is 0 Å². The van der Waals surface area contributed by atoms with Crippen LogP contribution in [0.1, 0.15) is 39.2 Å². The number of nitriles is 1. The standard InChI is InChI=1S/C24H24N2/c1-16-6-9-21(10-7-16)23(15-25)14-22-13-19(4)26(20(22)5)24-11-8-17(2)12-18(24)3/h6-14H,1-5H3/b23-14-. The summed E-state index contributed by atoms with van der Waals surface area (Å²) in [5.74, 6) is 0. The molecule has 3 aromatic rings. The minimum Gasteiger partial charge on any atom is -0.318 e. The number of benzene rings is 2. The van der Waals surface area contributed by atoms with E-state index in [9.17, 15) is 5.26 Å². The molecule has 0 radical (unpaired) electrons. The molecule has 0 aliphatic rings. The van der Waals surface area contributed by atoms with E-state index in [1.165, 1.54) is 28.1 Å². The van der Waals surface area contributed by atoms with Crippen LogP contribution in [0.15, 0.2) is 48.5 Å². The average molecular weight is 340 g/mol. The number of hydrogen-bond acceptors (Lipinski definition) is 1. The van der Waals surface area contributed by atoms with Crippen molar-refractivity contribution in [2.75, 3.05) is 0 Å². The van der Waals surface area contributed by atoms with Gasteiger partial charge in [0.2, 0.25) is 0 Å². The summed E-state index contributed by atoms with van der Waals surface area (Å²) in [5, 5.41) is 9.64. The number of nitrogens with zero attached hydrogens (tertiary/aromatic N) is 2. The lowest BCUT2D eigenvalue weighted by molar-refractivity contribution is 0.952. The third kappa shape index (κ3) is 3.34. The van der Waals surface area contributed by atoms with Gasteiger partial charge in [0.15, 0.2) is 0 Å². The highest BCUT2D eigenvalue weighted by molar-refractivity contribution is 5.90. The Kier molecular flexibility index (Phi) is 4.82. The maximum absolute atomic E-state index is 9.64. The molecule has 0 N–H and O–H groups in total. The van der Waals surface area contributed by atoms with Crippen LogP contribution < -0.4 is 0 Å². The molecule has 0 aliphatic heterocycles. The topological polar surface area (TPSA) is 28.7 Å². The molecule has 26 heavy (non-hydrogen) atoms. The Hall–Kier alpha value is -3.05. The predicted molar refractivity (Wildman–Crippen MR) is 109 cm³/mol. The van der Waals surface area contributed by atoms with Crippen LogP contribution >= 0.6 is 0 Å². The van der Waals surface area contributed by atoms with Gasteiger partial charge in [0.05, 0.1) is 11.6 Å². The van der Waals surface area contributed by atoms with E-state index in [2.05, 4.69) is 69.5 Å². The van der Waals surface area contributed by atoms with E-state index in [4.69, 9.17) is 0 Å². The Labute approximate surface area is 156 Å². The van der Waals surface area contributed by atoms with Gasteiger partial charge in [-0.15, -0.1) is 0 Å². The van der Waals surface area contributed by atoms with Crippen molar-refractivity contribution in [1.82, 2.24) is 4.57 Å². The zero-order chi connectivity index (χ0) is 18.8. The van der Waals surface area contributed by atoms with E-state index in [-0.39, 0.29) is 0 Å². The van der Waals surface area contributed by atoms with Gasteiger partial charge in [0, 0.05) is 17.1 Å². The summed E-state index contributed by atoms with van der Waals surface area (Å²) in [6, 6.07) is 19.1. The van der Waals surface area contributed by atoms with E-state index in [1.54, 1.807) is 0 Å². The fraction of sp³-hybridized carbons (Fsp3) is 0.208. The molecule has 1 aromatic heterocycles. The molecule has 130 valence electrons. The summed E-state index contributed by atoms with van der Waals surface area (Å²) < 4.78 is 2.27. The first kappa shape index (κ1) is 17.8. The van der Waals surface area contributed by atoms with E-state index < -0.39 is 0 Å². The molecule has 0 atom stereocenters. The highest BCUT2D eigenvalue weighted by atomic mass is 15.0. The van der Waals surface area contributed by atoms with Gasteiger partial charge in [-0.2, -0.15) is 5.26 Å². The molecule has 0 fully saturated rings. The number of hydrogen-bond donors (Lipinski definition) is 0. The fourth-order valence-corrected chi connectivity index (χ4v) is 3.43. The normalized spacial score (nSPS) is 11.5. The lowest BCUT2D eigenvalue weighted by atomic mass is 10.0. The molecule has 0 spiro atoms. The van der Waals surface area contributed by atoms with E-state index in [1.807, 2.05) is 30.3 Å². The highest BCUT2D eigenvalue weighted by Crippen LogP contribution is 2.27. The van der Waals surface area contributed by atoms with E-state index >= 15 is 0 Å². The smallest absolute Gasteiger partial charge is 0.0998 e. The summed E-state index contributed by atoms with van der Waals surface area (Å²) in [6.07, 6.45) is 1.99. The highest BCUT2D eigenvalue weighted by Gasteiger charge is 2.12. The molecular weight excluding hydrogens is 316 g/mol. The van der Waals surface area contributed by atoms with Crippen molar-refractivity contribution in [3.63, 3.8) is 0 Å². The van der Waals surface area contributed by atoms with Crippen molar-refractivity contribution in [2.45, 2.75) is 34.6 Å². The van der Waals surface area contributed by atoms with Gasteiger partial charge < -0.3 is 4.57 Å². The summed E-state index contributed by atoms with van der Waals surface area (Å²) in [4.78, 5) is 0. The molecule has 2 heteroatoms. The van der Waals surface area contributed by atoms with Crippen molar-refractivity contribution in [2.24, 2.45) is 0 Å². The number of aryl methyl sites for hydroxylation is 4. The molecule has 2 aromatic carbocycles. The first-order valence-corrected chi connectivity index (χ1v) is 8.86. The fourth-order valence-electron chi connectivity index (χ4n) is 3.43. The Balaban J connectivity index is 2.10. The number of allylic oxidation sites excluding steroid dienone is 1. The molecule has 0 amide bonds. The third-order valence-corrected chi connectivity index (χ3v) is 4.85. The first-order chi connectivity index (χ1) is 12.4. The van der Waals surface area contributed by atoms with Crippen LogP contribution in [0.4, 0.5) is 0 Å². The zero-order valence-corrected chi connectivity index (χ0v) is 16.1. The van der Waals surface area contributed by atoms with Crippen molar-refractivity contribution >= 4 is 11.6 Å². The molecular formula is C24H24N2. The SMILES string of the molecule is Cc1ccc(/C(C#N)=C\c2cc(C)n(-c3ccc(C)cc3C)c2C)cc1. The maximum atomic E-state index is 9.64. The Bertz CT molecular complexity index is 1030. The molecule has 2 nitrogen and oxygen atoms in total. The van der Waals surface area contributed by atoms with Crippen LogP contribution in [0.25, 0.3) is 17.3 Å². The molecule has 0 saturated carbocycles. The number of rotatable bonds is 3. The quantitative estimate of drug-likeness (QED) is 0.531. The average Bonchev–Trinajstić information content (AvgIpc) is 2.88. The van der Waals surface area contributed by atoms with Crippen molar-refractivity contribution in [3.05, 3.63) is 87.7 Å². The summed E-state index contributed by atoms with van der Waals surface area (Å²) in [5.41, 5.74) is 9.94. The van der Waals surface area contributed by atoms with Gasteiger partial charge in [-0.05, 0) is 69.5 Å². The zero-order valence-electron chi connectivity index (χ0n) is 16.1. The second-order valence-corrected chi connectivity index (χ2v) is 6.99. The summed E-state index contributed by atoms with van der Waals surface area (Å²) in [6.45, 7) is 10.5. The van der Waals surface area contributed by atoms with Crippen LogP contribution in [-0.4, -0.2) is 4.57 Å². The van der Waals surface area contributed by atoms with Crippen LogP contribution in [0.2, 0.25) is 0 Å². The third-order valence-electron chi connectivity index (χ3n) is 4.85. The molecule has 0 saturated heterocycles. The van der Waals surface area contributed by atoms with Gasteiger partial charge >= 0.3 is 0 Å². The van der Waals surface area contributed by atoms with Crippen LogP contribution in [0.3, 0.4) is 0 Å². The molecule has 3 rings (SSSR count). The van der Waals surface area contributed by atoms with E-state index in [0.717, 1.165) is 16.8 Å². The van der Waals surface area contributed by atoms with Crippen molar-refractivity contribution < 1.29 is 0 Å². The van der Waals surface area contributed by atoms with Gasteiger partial charge in [-0.1, -0.05) is 47.5 Å². The second-order valence-electron chi connectivity index (χ2n) is 6.99. The van der Waals surface area contributed by atoms with Crippen LogP contribution in [0.5, 0.6) is 0 Å². The van der Waals surface area contributed by atoms with Gasteiger partial charge in [0.1, 0.15) is 0 Å². The lowest BCUT2D eigenvalue weighted by Gasteiger charge is -2.13. The Morgan fingerprint density at radius 1 is 0.885 bits per heavy atom. The molecule has 0 bridgehead atoms. The van der Waals surface area contributed by atoms with Crippen LogP contribution in [0, 0.1) is 45.9 Å². The van der Waals surface area contributed by atoms with Crippen LogP contribution in [-0.2, 0) is 0 Å². The first-order valence-electron chi connectivity index (χ1n) is 8.86. The Morgan fingerprint density at radius 2 is 1.54 bits per heavy atom. The molecule has 0 aliphatic carbocycles. The Morgan fingerprint density at radius 3 is 2.15 bits per heavy atom. The second kappa shape index (κ2) is 7.06. The lowest BCUT2D eigenvalue weighted by Crippen LogP contribution is -2.01. The monoisotopic (exact) mass is 340 g/mol.